The molecule has 3 unspecified atom stereocenters. The Morgan fingerprint density at radius 1 is 1.16 bits per heavy atom. The monoisotopic (exact) mass is 335 g/mol. The van der Waals surface area contributed by atoms with Gasteiger partial charge in [-0.1, -0.05) is 42.5 Å². The van der Waals surface area contributed by atoms with Crippen LogP contribution in [0.15, 0.2) is 54.6 Å². The molecule has 4 rings (SSSR count). The molecule has 2 aromatic rings. The van der Waals surface area contributed by atoms with Crippen LogP contribution < -0.4 is 10.4 Å². The number of anilines is 1. The van der Waals surface area contributed by atoms with Crippen LogP contribution in [0, 0.1) is 16.0 Å². The van der Waals surface area contributed by atoms with Crippen molar-refractivity contribution in [1.29, 1.82) is 0 Å². The molecule has 0 saturated heterocycles. The zero-order valence-corrected chi connectivity index (χ0v) is 13.2. The molecule has 0 saturated carbocycles. The number of nitrogens with one attached hydrogen (secondary N) is 1. The maximum atomic E-state index is 11.6. The second kappa shape index (κ2) is 5.73. The highest BCUT2D eigenvalue weighted by atomic mass is 16.6. The van der Waals surface area contributed by atoms with Crippen LogP contribution in [0.4, 0.5) is 11.4 Å². The van der Waals surface area contributed by atoms with Crippen molar-refractivity contribution in [2.24, 2.45) is 5.92 Å². The van der Waals surface area contributed by atoms with Gasteiger partial charge in [-0.25, -0.2) is 0 Å². The summed E-state index contributed by atoms with van der Waals surface area (Å²) < 4.78 is 0. The highest BCUT2D eigenvalue weighted by molar-refractivity contribution is 5.95. The van der Waals surface area contributed by atoms with Crippen LogP contribution in [0.1, 0.15) is 39.9 Å². The lowest BCUT2D eigenvalue weighted by Gasteiger charge is -2.38. The second-order valence-electron chi connectivity index (χ2n) is 6.35. The van der Waals surface area contributed by atoms with Crippen molar-refractivity contribution in [2.75, 3.05) is 5.32 Å². The molecule has 6 heteroatoms. The number of rotatable bonds is 3. The van der Waals surface area contributed by atoms with E-state index in [-0.39, 0.29) is 29.1 Å². The molecule has 2 aliphatic rings. The van der Waals surface area contributed by atoms with E-state index in [1.807, 2.05) is 42.5 Å². The van der Waals surface area contributed by atoms with Gasteiger partial charge in [0.25, 0.3) is 5.69 Å². The lowest BCUT2D eigenvalue weighted by molar-refractivity contribution is -0.385. The third kappa shape index (κ3) is 2.38. The Kier molecular flexibility index (Phi) is 3.53. The fourth-order valence-electron chi connectivity index (χ4n) is 4.01. The van der Waals surface area contributed by atoms with Crippen molar-refractivity contribution in [3.05, 3.63) is 81.4 Å². The van der Waals surface area contributed by atoms with Crippen LogP contribution in [0.2, 0.25) is 0 Å². The fourth-order valence-corrected chi connectivity index (χ4v) is 4.01. The molecule has 0 bridgehead atoms. The van der Waals surface area contributed by atoms with Crippen LogP contribution in [-0.2, 0) is 0 Å². The zero-order chi connectivity index (χ0) is 17.6. The van der Waals surface area contributed by atoms with Crippen molar-refractivity contribution in [2.45, 2.75) is 18.4 Å². The normalized spacial score (nSPS) is 23.4. The van der Waals surface area contributed by atoms with E-state index in [2.05, 4.69) is 5.32 Å². The van der Waals surface area contributed by atoms with E-state index in [1.54, 1.807) is 0 Å². The van der Waals surface area contributed by atoms with Gasteiger partial charge in [0.15, 0.2) is 0 Å². The number of hydrogen-bond donors (Lipinski definition) is 1. The summed E-state index contributed by atoms with van der Waals surface area (Å²) >= 11 is 0. The van der Waals surface area contributed by atoms with Gasteiger partial charge in [0.1, 0.15) is 0 Å². The Balaban J connectivity index is 1.93. The fraction of sp³-hybridized carbons (Fsp3) is 0.211. The lowest BCUT2D eigenvalue weighted by Crippen LogP contribution is -2.33. The largest absolute Gasteiger partial charge is 0.545 e. The molecule has 25 heavy (non-hydrogen) atoms. The van der Waals surface area contributed by atoms with Gasteiger partial charge in [-0.2, -0.15) is 0 Å². The smallest absolute Gasteiger partial charge is 0.275 e. The molecule has 126 valence electrons. The predicted octanol–water partition coefficient (Wildman–Crippen LogP) is 2.78. The van der Waals surface area contributed by atoms with Crippen molar-refractivity contribution in [3.63, 3.8) is 0 Å². The van der Waals surface area contributed by atoms with Gasteiger partial charge < -0.3 is 15.2 Å². The van der Waals surface area contributed by atoms with E-state index in [0.29, 0.717) is 11.3 Å². The first-order valence-electron chi connectivity index (χ1n) is 8.08. The van der Waals surface area contributed by atoms with Gasteiger partial charge in [-0.15, -0.1) is 0 Å². The molecular weight excluding hydrogens is 320 g/mol. The molecule has 2 aromatic carbocycles. The molecule has 1 aliphatic heterocycles. The van der Waals surface area contributed by atoms with E-state index in [1.165, 1.54) is 12.1 Å². The number of aromatic carboxylic acids is 1. The molecular formula is C19H15N2O4-. The van der Waals surface area contributed by atoms with E-state index in [9.17, 15) is 20.0 Å². The second-order valence-corrected chi connectivity index (χ2v) is 6.35. The number of carboxylic acids is 1. The zero-order valence-electron chi connectivity index (χ0n) is 13.2. The topological polar surface area (TPSA) is 95.3 Å². The molecule has 0 aromatic heterocycles. The number of allylic oxidation sites excluding steroid dienone is 2. The summed E-state index contributed by atoms with van der Waals surface area (Å²) in [6, 6.07) is 12.1. The first-order chi connectivity index (χ1) is 12.1. The number of hydrogen-bond acceptors (Lipinski definition) is 5. The van der Waals surface area contributed by atoms with Gasteiger partial charge in [0.2, 0.25) is 0 Å². The third-order valence-electron chi connectivity index (χ3n) is 5.07. The van der Waals surface area contributed by atoms with Gasteiger partial charge in [-0.3, -0.25) is 10.1 Å². The van der Waals surface area contributed by atoms with Crippen LogP contribution in [-0.4, -0.2) is 10.9 Å². The number of carboxylic acid groups (broad SMARTS) is 1. The quantitative estimate of drug-likeness (QED) is 0.529. The molecule has 1 heterocycles. The number of carbonyl (C=O) groups is 1. The predicted molar refractivity (Wildman–Crippen MR) is 90.2 cm³/mol. The Labute approximate surface area is 144 Å². The molecule has 3 atom stereocenters. The summed E-state index contributed by atoms with van der Waals surface area (Å²) in [7, 11) is 0. The number of fused-ring (bicyclic) bond motifs is 3. The summed E-state index contributed by atoms with van der Waals surface area (Å²) in [6.07, 6.45) is 4.74. The molecule has 0 fully saturated rings. The summed E-state index contributed by atoms with van der Waals surface area (Å²) in [5.41, 5.74) is 1.68. The maximum Gasteiger partial charge on any atom is 0.275 e. The number of benzene rings is 2. The van der Waals surface area contributed by atoms with Gasteiger partial charge in [0.05, 0.1) is 28.2 Å². The number of nitro groups is 1. The number of carbonyl (C=O) groups excluding carboxylic acids is 1. The minimum absolute atomic E-state index is 0.0414. The summed E-state index contributed by atoms with van der Waals surface area (Å²) in [6.45, 7) is 0. The Hall–Kier alpha value is -3.15. The molecule has 0 radical (unpaired) electrons. The summed E-state index contributed by atoms with van der Waals surface area (Å²) in [4.78, 5) is 22.6. The summed E-state index contributed by atoms with van der Waals surface area (Å²) in [5.74, 6) is -1.43. The molecule has 6 nitrogen and oxygen atoms in total. The Morgan fingerprint density at radius 2 is 1.92 bits per heavy atom. The Morgan fingerprint density at radius 3 is 2.60 bits per heavy atom. The maximum absolute atomic E-state index is 11.6. The van der Waals surface area contributed by atoms with Crippen LogP contribution in [0.3, 0.4) is 0 Å². The van der Waals surface area contributed by atoms with Crippen molar-refractivity contribution >= 4 is 17.3 Å². The van der Waals surface area contributed by atoms with Crippen molar-refractivity contribution in [3.8, 4) is 0 Å². The van der Waals surface area contributed by atoms with Gasteiger partial charge in [-0.05, 0) is 24.0 Å². The average molecular weight is 335 g/mol. The van der Waals surface area contributed by atoms with Crippen molar-refractivity contribution < 1.29 is 14.8 Å². The molecule has 1 aliphatic carbocycles. The van der Waals surface area contributed by atoms with E-state index in [0.717, 1.165) is 12.0 Å². The van der Waals surface area contributed by atoms with Gasteiger partial charge in [0, 0.05) is 17.5 Å². The van der Waals surface area contributed by atoms with Crippen LogP contribution in [0.5, 0.6) is 0 Å². The first kappa shape index (κ1) is 15.4. The molecule has 0 spiro atoms. The van der Waals surface area contributed by atoms with Crippen LogP contribution in [0.25, 0.3) is 0 Å². The number of nitro benzene ring substituents is 1. The third-order valence-corrected chi connectivity index (χ3v) is 5.07. The lowest BCUT2D eigenvalue weighted by atomic mass is 9.75. The van der Waals surface area contributed by atoms with Gasteiger partial charge >= 0.3 is 0 Å². The van der Waals surface area contributed by atoms with E-state index in [4.69, 9.17) is 0 Å². The highest BCUT2D eigenvalue weighted by Gasteiger charge is 2.42. The molecule has 0 amide bonds. The standard InChI is InChI=1S/C19H16N2O4/c22-19(23)14-9-10-15(21(24)25)16-12-7-4-8-13(12)17(20-18(14)16)11-5-2-1-3-6-11/h1-7,9-10,12-13,17,20H,8H2,(H,22,23)/p-1. The van der Waals surface area contributed by atoms with E-state index < -0.39 is 10.9 Å². The highest BCUT2D eigenvalue weighted by Crippen LogP contribution is 2.53. The Bertz CT molecular complexity index is 892. The minimum Gasteiger partial charge on any atom is -0.545 e. The van der Waals surface area contributed by atoms with Crippen molar-refractivity contribution in [1.82, 2.24) is 0 Å². The molecule has 1 N–H and O–H groups in total. The number of nitrogens with zero attached hydrogens (tertiary/aromatic N) is 1. The van der Waals surface area contributed by atoms with Crippen LogP contribution >= 0.6 is 0 Å². The summed E-state index contributed by atoms with van der Waals surface area (Å²) in [5, 5.41) is 26.3. The minimum atomic E-state index is -1.34. The average Bonchev–Trinajstić information content (AvgIpc) is 3.10. The SMILES string of the molecule is O=C([O-])c1ccc([N+](=O)[O-])c2c1NC(c1ccccc1)C1CC=CC21. The first-order valence-corrected chi connectivity index (χ1v) is 8.08. The van der Waals surface area contributed by atoms with E-state index >= 15 is 0 Å².